The number of hydrogen-bond acceptors (Lipinski definition) is 2. The van der Waals surface area contributed by atoms with E-state index in [0.717, 1.165) is 45.1 Å². The molecule has 4 aromatic rings. The molecular formula is C26H16Cl2N2. The Morgan fingerprint density at radius 2 is 0.867 bits per heavy atom. The lowest BCUT2D eigenvalue weighted by atomic mass is 9.96. The Balaban J connectivity index is 1.86. The van der Waals surface area contributed by atoms with E-state index in [2.05, 4.69) is 0 Å². The molecule has 2 nitrogen and oxygen atoms in total. The van der Waals surface area contributed by atoms with Crippen LogP contribution in [-0.2, 0) is 0 Å². The second kappa shape index (κ2) is 7.91. The molecule has 144 valence electrons. The molecule has 0 atom stereocenters. The number of aliphatic imine (C=N–C) groups is 2. The van der Waals surface area contributed by atoms with Gasteiger partial charge in [-0.05, 0) is 36.4 Å². The van der Waals surface area contributed by atoms with Crippen molar-refractivity contribution in [3.8, 4) is 0 Å². The summed E-state index contributed by atoms with van der Waals surface area (Å²) < 4.78 is 0. The van der Waals surface area contributed by atoms with Crippen LogP contribution in [0, 0.1) is 0 Å². The fourth-order valence-corrected chi connectivity index (χ4v) is 3.93. The monoisotopic (exact) mass is 426 g/mol. The van der Waals surface area contributed by atoms with Gasteiger partial charge in [0.05, 0.1) is 22.8 Å². The molecule has 4 aromatic carbocycles. The van der Waals surface area contributed by atoms with Crippen molar-refractivity contribution in [3.63, 3.8) is 0 Å². The topological polar surface area (TPSA) is 24.7 Å². The van der Waals surface area contributed by atoms with Crippen LogP contribution in [0.4, 0.5) is 11.4 Å². The molecule has 0 spiro atoms. The molecule has 5 rings (SSSR count). The molecule has 0 fully saturated rings. The minimum atomic E-state index is 0.644. The molecule has 0 saturated heterocycles. The summed E-state index contributed by atoms with van der Waals surface area (Å²) in [5.74, 6) is 0. The summed E-state index contributed by atoms with van der Waals surface area (Å²) >= 11 is 12.8. The summed E-state index contributed by atoms with van der Waals surface area (Å²) in [5.41, 5.74) is 7.06. The van der Waals surface area contributed by atoms with Gasteiger partial charge in [-0.25, -0.2) is 9.98 Å². The van der Waals surface area contributed by atoms with Crippen molar-refractivity contribution >= 4 is 46.0 Å². The second-order valence-corrected chi connectivity index (χ2v) is 7.85. The van der Waals surface area contributed by atoms with Crippen LogP contribution in [0.3, 0.4) is 0 Å². The van der Waals surface area contributed by atoms with Crippen LogP contribution in [0.2, 0.25) is 10.0 Å². The molecule has 1 aliphatic heterocycles. The minimum Gasteiger partial charge on any atom is -0.247 e. The van der Waals surface area contributed by atoms with Crippen LogP contribution >= 0.6 is 23.2 Å². The normalized spacial score (nSPS) is 12.7. The Labute approximate surface area is 185 Å². The van der Waals surface area contributed by atoms with Crippen molar-refractivity contribution < 1.29 is 0 Å². The Morgan fingerprint density at radius 1 is 0.467 bits per heavy atom. The van der Waals surface area contributed by atoms with E-state index in [9.17, 15) is 0 Å². The van der Waals surface area contributed by atoms with Crippen LogP contribution in [-0.4, -0.2) is 11.4 Å². The predicted octanol–water partition coefficient (Wildman–Crippen LogP) is 7.65. The zero-order valence-corrected chi connectivity index (χ0v) is 17.4. The molecule has 1 aliphatic rings. The van der Waals surface area contributed by atoms with E-state index in [4.69, 9.17) is 33.2 Å². The van der Waals surface area contributed by atoms with Crippen molar-refractivity contribution in [1.29, 1.82) is 0 Å². The Bertz CT molecular complexity index is 1190. The van der Waals surface area contributed by atoms with Crippen molar-refractivity contribution in [2.45, 2.75) is 0 Å². The van der Waals surface area contributed by atoms with E-state index in [1.807, 2.05) is 97.1 Å². The number of fused-ring (bicyclic) bond motifs is 2. The summed E-state index contributed by atoms with van der Waals surface area (Å²) in [6, 6.07) is 31.6. The smallest absolute Gasteiger partial charge is 0.0804 e. The average Bonchev–Trinajstić information content (AvgIpc) is 2.77. The summed E-state index contributed by atoms with van der Waals surface area (Å²) in [6.07, 6.45) is 0. The first kappa shape index (κ1) is 18.8. The lowest BCUT2D eigenvalue weighted by Gasteiger charge is -2.18. The van der Waals surface area contributed by atoms with E-state index in [-0.39, 0.29) is 0 Å². The summed E-state index contributed by atoms with van der Waals surface area (Å²) in [7, 11) is 0. The average molecular weight is 427 g/mol. The summed E-state index contributed by atoms with van der Waals surface area (Å²) in [6.45, 7) is 0. The molecule has 0 unspecified atom stereocenters. The van der Waals surface area contributed by atoms with Crippen LogP contribution in [0.1, 0.15) is 22.3 Å². The molecule has 0 amide bonds. The highest BCUT2D eigenvalue weighted by Gasteiger charge is 2.20. The molecule has 0 bridgehead atoms. The lowest BCUT2D eigenvalue weighted by Crippen LogP contribution is -2.10. The summed E-state index contributed by atoms with van der Waals surface area (Å²) in [4.78, 5) is 10.2. The van der Waals surface area contributed by atoms with Gasteiger partial charge in [-0.2, -0.15) is 0 Å². The first-order chi connectivity index (χ1) is 14.7. The zero-order valence-electron chi connectivity index (χ0n) is 15.9. The molecule has 4 heteroatoms. The predicted molar refractivity (Wildman–Crippen MR) is 126 cm³/mol. The second-order valence-electron chi connectivity index (χ2n) is 6.98. The number of halogens is 2. The lowest BCUT2D eigenvalue weighted by molar-refractivity contribution is 1.39. The SMILES string of the molecule is Clc1ccc2c(c1)C(c1ccccc1)=Nc1ccc(Cl)cc1C(c1ccccc1)=N2. The maximum atomic E-state index is 6.38. The number of hydrogen-bond donors (Lipinski definition) is 0. The maximum Gasteiger partial charge on any atom is 0.0804 e. The molecular weight excluding hydrogens is 411 g/mol. The fraction of sp³-hybridized carbons (Fsp3) is 0. The zero-order chi connectivity index (χ0) is 20.5. The van der Waals surface area contributed by atoms with Crippen molar-refractivity contribution in [3.05, 3.63) is 129 Å². The van der Waals surface area contributed by atoms with E-state index in [1.54, 1.807) is 0 Å². The van der Waals surface area contributed by atoms with Gasteiger partial charge in [0, 0.05) is 32.3 Å². The molecule has 0 radical (unpaired) electrons. The Kier molecular flexibility index (Phi) is 4.96. The van der Waals surface area contributed by atoms with E-state index in [0.29, 0.717) is 10.0 Å². The molecule has 1 heterocycles. The molecule has 0 saturated carbocycles. The molecule has 0 aliphatic carbocycles. The number of rotatable bonds is 2. The molecule has 0 aromatic heterocycles. The Hall–Kier alpha value is -3.20. The van der Waals surface area contributed by atoms with Crippen molar-refractivity contribution in [1.82, 2.24) is 0 Å². The Morgan fingerprint density at radius 3 is 1.27 bits per heavy atom. The van der Waals surface area contributed by atoms with Crippen LogP contribution in [0.25, 0.3) is 0 Å². The van der Waals surface area contributed by atoms with Gasteiger partial charge in [0.1, 0.15) is 0 Å². The maximum absolute atomic E-state index is 6.38. The standard InChI is InChI=1S/C26H16Cl2N2/c27-19-11-13-23-21(15-19)25(17-7-3-1-4-8-17)29-24-14-12-20(28)16-22(24)26(30-23)18-9-5-2-6-10-18/h1-16H. The van der Waals surface area contributed by atoms with Crippen LogP contribution in [0.5, 0.6) is 0 Å². The minimum absolute atomic E-state index is 0.644. The van der Waals surface area contributed by atoms with Gasteiger partial charge in [-0.3, -0.25) is 0 Å². The third-order valence-electron chi connectivity index (χ3n) is 4.99. The number of nitrogens with zero attached hydrogens (tertiary/aromatic N) is 2. The van der Waals surface area contributed by atoms with E-state index >= 15 is 0 Å². The highest BCUT2D eigenvalue weighted by molar-refractivity contribution is 6.33. The van der Waals surface area contributed by atoms with Gasteiger partial charge in [0.2, 0.25) is 0 Å². The van der Waals surface area contributed by atoms with Crippen molar-refractivity contribution in [2.75, 3.05) is 0 Å². The number of benzene rings is 4. The van der Waals surface area contributed by atoms with Gasteiger partial charge in [-0.15, -0.1) is 0 Å². The first-order valence-corrected chi connectivity index (χ1v) is 10.3. The van der Waals surface area contributed by atoms with E-state index in [1.165, 1.54) is 0 Å². The molecule has 30 heavy (non-hydrogen) atoms. The third-order valence-corrected chi connectivity index (χ3v) is 5.46. The van der Waals surface area contributed by atoms with Gasteiger partial charge >= 0.3 is 0 Å². The molecule has 0 N–H and O–H groups in total. The summed E-state index contributed by atoms with van der Waals surface area (Å²) in [5, 5.41) is 1.29. The van der Waals surface area contributed by atoms with Gasteiger partial charge in [-0.1, -0.05) is 83.9 Å². The van der Waals surface area contributed by atoms with Gasteiger partial charge in [0.15, 0.2) is 0 Å². The van der Waals surface area contributed by atoms with Gasteiger partial charge < -0.3 is 0 Å². The quantitative estimate of drug-likeness (QED) is 0.277. The highest BCUT2D eigenvalue weighted by atomic mass is 35.5. The fourth-order valence-electron chi connectivity index (χ4n) is 3.58. The van der Waals surface area contributed by atoms with Crippen LogP contribution < -0.4 is 0 Å². The van der Waals surface area contributed by atoms with Crippen molar-refractivity contribution in [2.24, 2.45) is 9.98 Å². The third kappa shape index (κ3) is 3.56. The first-order valence-electron chi connectivity index (χ1n) is 9.57. The van der Waals surface area contributed by atoms with Crippen LogP contribution in [0.15, 0.2) is 107 Å². The highest BCUT2D eigenvalue weighted by Crippen LogP contribution is 2.35. The van der Waals surface area contributed by atoms with Gasteiger partial charge in [0.25, 0.3) is 0 Å². The largest absolute Gasteiger partial charge is 0.247 e. The van der Waals surface area contributed by atoms with E-state index < -0.39 is 0 Å².